The fourth-order valence-corrected chi connectivity index (χ4v) is 2.82. The first-order valence-corrected chi connectivity index (χ1v) is 6.64. The molecule has 0 saturated carbocycles. The SMILES string of the molecule is Cc1cccc2c1c(C1CNCCCO1)cn2C. The van der Waals surface area contributed by atoms with Crippen LogP contribution >= 0.6 is 0 Å². The molecule has 3 rings (SSSR count). The summed E-state index contributed by atoms with van der Waals surface area (Å²) < 4.78 is 8.19. The fourth-order valence-electron chi connectivity index (χ4n) is 2.82. The van der Waals surface area contributed by atoms with Crippen molar-refractivity contribution in [1.29, 1.82) is 0 Å². The molecule has 1 aliphatic rings. The highest BCUT2D eigenvalue weighted by molar-refractivity contribution is 5.87. The predicted octanol–water partition coefficient (Wildman–Crippen LogP) is 2.54. The van der Waals surface area contributed by atoms with E-state index in [1.807, 2.05) is 0 Å². The molecule has 1 saturated heterocycles. The Labute approximate surface area is 108 Å². The van der Waals surface area contributed by atoms with E-state index < -0.39 is 0 Å². The van der Waals surface area contributed by atoms with Gasteiger partial charge in [0, 0.05) is 42.9 Å². The quantitative estimate of drug-likeness (QED) is 0.834. The van der Waals surface area contributed by atoms with Gasteiger partial charge in [-0.05, 0) is 31.5 Å². The molecule has 1 aromatic carbocycles. The highest BCUT2D eigenvalue weighted by atomic mass is 16.5. The molecule has 0 aliphatic carbocycles. The van der Waals surface area contributed by atoms with Crippen molar-refractivity contribution >= 4 is 10.9 Å². The average molecular weight is 244 g/mol. The van der Waals surface area contributed by atoms with E-state index in [2.05, 4.69) is 48.3 Å². The van der Waals surface area contributed by atoms with Crippen molar-refractivity contribution in [3.05, 3.63) is 35.5 Å². The van der Waals surface area contributed by atoms with Gasteiger partial charge in [-0.3, -0.25) is 0 Å². The Bertz CT molecular complexity index is 551. The molecule has 0 spiro atoms. The Balaban J connectivity index is 2.10. The molecular formula is C15H20N2O. The second-order valence-corrected chi connectivity index (χ2v) is 5.08. The van der Waals surface area contributed by atoms with Crippen molar-refractivity contribution in [3.63, 3.8) is 0 Å². The van der Waals surface area contributed by atoms with E-state index >= 15 is 0 Å². The Morgan fingerprint density at radius 3 is 3.17 bits per heavy atom. The first kappa shape index (κ1) is 11.8. The normalized spacial score (nSPS) is 21.1. The van der Waals surface area contributed by atoms with Crippen LogP contribution in [0.5, 0.6) is 0 Å². The molecule has 3 heteroatoms. The standard InChI is InChI=1S/C15H20N2O/c1-11-5-3-6-13-15(11)12(10-17(13)2)14-9-16-7-4-8-18-14/h3,5-6,10,14,16H,4,7-9H2,1-2H3. The second kappa shape index (κ2) is 4.75. The lowest BCUT2D eigenvalue weighted by Gasteiger charge is -2.15. The summed E-state index contributed by atoms with van der Waals surface area (Å²) in [7, 11) is 2.11. The first-order valence-electron chi connectivity index (χ1n) is 6.64. The van der Waals surface area contributed by atoms with Crippen LogP contribution in [0.3, 0.4) is 0 Å². The van der Waals surface area contributed by atoms with Crippen LogP contribution in [-0.2, 0) is 11.8 Å². The van der Waals surface area contributed by atoms with Crippen LogP contribution in [0.25, 0.3) is 10.9 Å². The molecule has 18 heavy (non-hydrogen) atoms. The van der Waals surface area contributed by atoms with Crippen molar-refractivity contribution in [2.45, 2.75) is 19.4 Å². The Morgan fingerprint density at radius 1 is 1.39 bits per heavy atom. The molecule has 1 atom stereocenters. The van der Waals surface area contributed by atoms with E-state index in [1.165, 1.54) is 22.0 Å². The van der Waals surface area contributed by atoms with Gasteiger partial charge in [0.15, 0.2) is 0 Å². The van der Waals surface area contributed by atoms with Gasteiger partial charge < -0.3 is 14.6 Å². The minimum Gasteiger partial charge on any atom is -0.372 e. The Kier molecular flexibility index (Phi) is 3.10. The minimum atomic E-state index is 0.178. The van der Waals surface area contributed by atoms with Crippen LogP contribution in [0.4, 0.5) is 0 Å². The third-order valence-electron chi connectivity index (χ3n) is 3.75. The third-order valence-corrected chi connectivity index (χ3v) is 3.75. The summed E-state index contributed by atoms with van der Waals surface area (Å²) in [6.45, 7) is 4.99. The molecule has 0 bridgehead atoms. The molecule has 1 aromatic heterocycles. The number of aryl methyl sites for hydroxylation is 2. The molecule has 2 aromatic rings. The summed E-state index contributed by atoms with van der Waals surface area (Å²) in [6.07, 6.45) is 3.49. The largest absolute Gasteiger partial charge is 0.372 e. The van der Waals surface area contributed by atoms with Crippen molar-refractivity contribution in [1.82, 2.24) is 9.88 Å². The zero-order chi connectivity index (χ0) is 12.5. The molecule has 3 nitrogen and oxygen atoms in total. The number of nitrogens with zero attached hydrogens (tertiary/aromatic N) is 1. The van der Waals surface area contributed by atoms with Crippen LogP contribution < -0.4 is 5.32 Å². The second-order valence-electron chi connectivity index (χ2n) is 5.08. The molecule has 0 radical (unpaired) electrons. The molecular weight excluding hydrogens is 224 g/mol. The van der Waals surface area contributed by atoms with Gasteiger partial charge in [-0.25, -0.2) is 0 Å². The maximum absolute atomic E-state index is 5.99. The smallest absolute Gasteiger partial charge is 0.0969 e. The summed E-state index contributed by atoms with van der Waals surface area (Å²) in [5.41, 5.74) is 3.94. The van der Waals surface area contributed by atoms with Crippen LogP contribution in [-0.4, -0.2) is 24.3 Å². The molecule has 1 aliphatic heterocycles. The Morgan fingerprint density at radius 2 is 2.28 bits per heavy atom. The third kappa shape index (κ3) is 1.93. The maximum atomic E-state index is 5.99. The molecule has 1 unspecified atom stereocenters. The lowest BCUT2D eigenvalue weighted by Crippen LogP contribution is -2.20. The highest BCUT2D eigenvalue weighted by Crippen LogP contribution is 2.30. The summed E-state index contributed by atoms with van der Waals surface area (Å²) in [6, 6.07) is 6.47. The predicted molar refractivity (Wildman–Crippen MR) is 73.8 cm³/mol. The number of ether oxygens (including phenoxy) is 1. The lowest BCUT2D eigenvalue weighted by atomic mass is 10.0. The van der Waals surface area contributed by atoms with E-state index in [4.69, 9.17) is 4.74 Å². The number of hydrogen-bond acceptors (Lipinski definition) is 2. The number of benzene rings is 1. The monoisotopic (exact) mass is 244 g/mol. The number of fused-ring (bicyclic) bond motifs is 1. The number of rotatable bonds is 1. The number of nitrogens with one attached hydrogen (secondary N) is 1. The van der Waals surface area contributed by atoms with Crippen LogP contribution in [0.1, 0.15) is 23.7 Å². The number of hydrogen-bond donors (Lipinski definition) is 1. The van der Waals surface area contributed by atoms with Gasteiger partial charge >= 0.3 is 0 Å². The summed E-state index contributed by atoms with van der Waals surface area (Å²) in [5.74, 6) is 0. The zero-order valence-corrected chi connectivity index (χ0v) is 11.1. The van der Waals surface area contributed by atoms with E-state index in [0.29, 0.717) is 0 Å². The highest BCUT2D eigenvalue weighted by Gasteiger charge is 2.20. The van der Waals surface area contributed by atoms with Gasteiger partial charge in [-0.15, -0.1) is 0 Å². The average Bonchev–Trinajstić information content (AvgIpc) is 2.56. The van der Waals surface area contributed by atoms with Gasteiger partial charge in [0.25, 0.3) is 0 Å². The minimum absolute atomic E-state index is 0.178. The molecule has 1 fully saturated rings. The molecule has 0 amide bonds. The van der Waals surface area contributed by atoms with Crippen molar-refractivity contribution in [3.8, 4) is 0 Å². The van der Waals surface area contributed by atoms with Gasteiger partial charge in [-0.2, -0.15) is 0 Å². The summed E-state index contributed by atoms with van der Waals surface area (Å²) >= 11 is 0. The zero-order valence-electron chi connectivity index (χ0n) is 11.1. The van der Waals surface area contributed by atoms with Crippen LogP contribution in [0, 0.1) is 6.92 Å². The summed E-state index contributed by atoms with van der Waals surface area (Å²) in [4.78, 5) is 0. The van der Waals surface area contributed by atoms with E-state index in [-0.39, 0.29) is 6.10 Å². The van der Waals surface area contributed by atoms with E-state index in [0.717, 1.165) is 26.1 Å². The van der Waals surface area contributed by atoms with Gasteiger partial charge in [0.2, 0.25) is 0 Å². The lowest BCUT2D eigenvalue weighted by molar-refractivity contribution is 0.0678. The van der Waals surface area contributed by atoms with Crippen molar-refractivity contribution in [2.75, 3.05) is 19.7 Å². The van der Waals surface area contributed by atoms with Gasteiger partial charge in [0.05, 0.1) is 6.10 Å². The van der Waals surface area contributed by atoms with E-state index in [1.54, 1.807) is 0 Å². The maximum Gasteiger partial charge on any atom is 0.0969 e. The molecule has 2 heterocycles. The topological polar surface area (TPSA) is 26.2 Å². The summed E-state index contributed by atoms with van der Waals surface area (Å²) in [5, 5.41) is 4.81. The van der Waals surface area contributed by atoms with Gasteiger partial charge in [-0.1, -0.05) is 12.1 Å². The van der Waals surface area contributed by atoms with Crippen LogP contribution in [0.15, 0.2) is 24.4 Å². The first-order chi connectivity index (χ1) is 8.77. The van der Waals surface area contributed by atoms with Crippen molar-refractivity contribution in [2.24, 2.45) is 7.05 Å². The molecule has 1 N–H and O–H groups in total. The van der Waals surface area contributed by atoms with Crippen LogP contribution in [0.2, 0.25) is 0 Å². The Hall–Kier alpha value is -1.32. The number of aromatic nitrogens is 1. The van der Waals surface area contributed by atoms with E-state index in [9.17, 15) is 0 Å². The molecule has 96 valence electrons. The van der Waals surface area contributed by atoms with Gasteiger partial charge in [0.1, 0.15) is 0 Å². The van der Waals surface area contributed by atoms with Crippen molar-refractivity contribution < 1.29 is 4.74 Å². The fraction of sp³-hybridized carbons (Fsp3) is 0.467.